The maximum absolute atomic E-state index is 12.7. The van der Waals surface area contributed by atoms with Crippen molar-refractivity contribution in [3.63, 3.8) is 0 Å². The molecule has 0 spiro atoms. The average Bonchev–Trinajstić information content (AvgIpc) is 3.30. The Morgan fingerprint density at radius 3 is 2.87 bits per heavy atom. The molecule has 2 amide bonds. The molecular weight excluding hydrogens is 418 g/mol. The van der Waals surface area contributed by atoms with E-state index in [2.05, 4.69) is 33.5 Å². The first-order chi connectivity index (χ1) is 14.6. The van der Waals surface area contributed by atoms with E-state index in [1.807, 2.05) is 36.4 Å². The van der Waals surface area contributed by atoms with E-state index in [1.165, 1.54) is 12.8 Å². The highest BCUT2D eigenvalue weighted by atomic mass is 35.5. The molecule has 6 nitrogen and oxygen atoms in total. The number of nitrogens with one attached hydrogen (secondary N) is 2. The summed E-state index contributed by atoms with van der Waals surface area (Å²) in [6, 6.07) is 14.2. The van der Waals surface area contributed by atoms with Gasteiger partial charge in [0.2, 0.25) is 0 Å². The number of fused-ring (bicyclic) bond motifs is 1. The van der Waals surface area contributed by atoms with E-state index < -0.39 is 0 Å². The highest BCUT2D eigenvalue weighted by Crippen LogP contribution is 2.49. The van der Waals surface area contributed by atoms with Crippen LogP contribution in [-0.4, -0.2) is 42.6 Å². The molecule has 0 aromatic heterocycles. The molecule has 4 N–H and O–H groups in total. The molecule has 4 rings (SSSR count). The normalized spacial score (nSPS) is 21.0. The molecule has 0 radical (unpaired) electrons. The van der Waals surface area contributed by atoms with Gasteiger partial charge in [-0.15, -0.1) is 0 Å². The quantitative estimate of drug-likeness (QED) is 0.624. The monoisotopic (exact) mass is 445 g/mol. The van der Waals surface area contributed by atoms with Crippen molar-refractivity contribution >= 4 is 40.8 Å². The lowest BCUT2D eigenvalue weighted by Crippen LogP contribution is -2.47. The molecular formula is C22H28ClN5OS. The number of nitrogens with two attached hydrogens (primary N) is 1. The largest absolute Gasteiger partial charge is 0.338 e. The van der Waals surface area contributed by atoms with Crippen molar-refractivity contribution < 1.29 is 4.79 Å². The van der Waals surface area contributed by atoms with Gasteiger partial charge in [-0.3, -0.25) is 0 Å². The number of carbonyl (C=O) groups excluding carboxylic acids is 1. The van der Waals surface area contributed by atoms with Gasteiger partial charge in [0.1, 0.15) is 0 Å². The number of hydrogen-bond donors (Lipinski definition) is 3. The van der Waals surface area contributed by atoms with Crippen LogP contribution in [0.2, 0.25) is 5.02 Å². The number of amides is 2. The second-order valence-electron chi connectivity index (χ2n) is 7.73. The summed E-state index contributed by atoms with van der Waals surface area (Å²) in [4.78, 5) is 18.2. The van der Waals surface area contributed by atoms with Gasteiger partial charge in [0.25, 0.3) is 0 Å². The van der Waals surface area contributed by atoms with Gasteiger partial charge in [0.15, 0.2) is 5.50 Å². The molecule has 2 unspecified atom stereocenters. The fourth-order valence-electron chi connectivity index (χ4n) is 4.24. The zero-order valence-electron chi connectivity index (χ0n) is 17.1. The van der Waals surface area contributed by atoms with E-state index in [0.717, 1.165) is 34.8 Å². The number of para-hydroxylation sites is 2. The molecule has 2 heterocycles. The highest BCUT2D eigenvalue weighted by Gasteiger charge is 2.34. The first-order valence-corrected chi connectivity index (χ1v) is 11.6. The summed E-state index contributed by atoms with van der Waals surface area (Å²) < 4.78 is 0. The van der Waals surface area contributed by atoms with Gasteiger partial charge in [0.05, 0.1) is 16.4 Å². The first-order valence-electron chi connectivity index (χ1n) is 10.4. The number of urea groups is 1. The number of anilines is 2. The second kappa shape index (κ2) is 9.47. The molecule has 30 heavy (non-hydrogen) atoms. The van der Waals surface area contributed by atoms with Crippen LogP contribution in [0, 0.1) is 0 Å². The van der Waals surface area contributed by atoms with Crippen LogP contribution in [0.5, 0.6) is 0 Å². The Kier molecular flexibility index (Phi) is 6.73. The van der Waals surface area contributed by atoms with Crippen LogP contribution in [0.4, 0.5) is 16.2 Å². The predicted molar refractivity (Wildman–Crippen MR) is 124 cm³/mol. The predicted octanol–water partition coefficient (Wildman–Crippen LogP) is 4.11. The Labute approximate surface area is 187 Å². The van der Waals surface area contributed by atoms with Crippen LogP contribution in [0.15, 0.2) is 47.4 Å². The summed E-state index contributed by atoms with van der Waals surface area (Å²) >= 11 is 8.19. The fourth-order valence-corrected chi connectivity index (χ4v) is 5.70. The van der Waals surface area contributed by atoms with E-state index in [9.17, 15) is 4.79 Å². The Morgan fingerprint density at radius 1 is 1.27 bits per heavy atom. The molecule has 160 valence electrons. The Hall–Kier alpha value is -1.93. The topological polar surface area (TPSA) is 73.6 Å². The summed E-state index contributed by atoms with van der Waals surface area (Å²) in [5, 5.41) is 6.76. The highest BCUT2D eigenvalue weighted by molar-refractivity contribution is 8.00. The molecule has 2 aromatic rings. The number of thioether (sulfide) groups is 1. The molecule has 2 aromatic carbocycles. The van der Waals surface area contributed by atoms with Gasteiger partial charge < -0.3 is 26.2 Å². The minimum atomic E-state index is -0.304. The lowest BCUT2D eigenvalue weighted by Gasteiger charge is -2.30. The van der Waals surface area contributed by atoms with Crippen LogP contribution in [0.1, 0.15) is 24.8 Å². The van der Waals surface area contributed by atoms with Gasteiger partial charge in [0, 0.05) is 24.0 Å². The van der Waals surface area contributed by atoms with Crippen LogP contribution in [0.25, 0.3) is 0 Å². The molecule has 2 aliphatic rings. The number of halogens is 1. The number of hydrogen-bond acceptors (Lipinski definition) is 5. The Balaban J connectivity index is 1.49. The van der Waals surface area contributed by atoms with E-state index >= 15 is 0 Å². The van der Waals surface area contributed by atoms with Crippen LogP contribution < -0.4 is 21.3 Å². The summed E-state index contributed by atoms with van der Waals surface area (Å²) in [7, 11) is 2.15. The van der Waals surface area contributed by atoms with Crippen LogP contribution in [-0.2, 0) is 6.54 Å². The maximum Gasteiger partial charge on any atom is 0.317 e. The van der Waals surface area contributed by atoms with Gasteiger partial charge in [-0.05, 0) is 56.6 Å². The van der Waals surface area contributed by atoms with E-state index in [4.69, 9.17) is 17.3 Å². The zero-order chi connectivity index (χ0) is 21.1. The lowest BCUT2D eigenvalue weighted by atomic mass is 10.1. The molecule has 1 saturated heterocycles. The van der Waals surface area contributed by atoms with Crippen molar-refractivity contribution in [3.8, 4) is 0 Å². The third-order valence-corrected chi connectivity index (χ3v) is 7.27. The first kappa shape index (κ1) is 21.3. The minimum Gasteiger partial charge on any atom is -0.338 e. The summed E-state index contributed by atoms with van der Waals surface area (Å²) in [6.07, 6.45) is 3.41. The van der Waals surface area contributed by atoms with Gasteiger partial charge >= 0.3 is 6.03 Å². The van der Waals surface area contributed by atoms with Gasteiger partial charge in [-0.25, -0.2) is 4.79 Å². The van der Waals surface area contributed by atoms with Crippen molar-refractivity contribution in [1.82, 2.24) is 15.5 Å². The molecule has 0 saturated carbocycles. The van der Waals surface area contributed by atoms with Crippen molar-refractivity contribution in [2.24, 2.45) is 5.73 Å². The van der Waals surface area contributed by atoms with E-state index in [1.54, 1.807) is 11.8 Å². The Bertz CT molecular complexity index is 911. The SMILES string of the molecule is CN1CCCC1CCNC(=O)NC1Sc2ccccc2N1c1c(Cl)cccc1CN. The van der Waals surface area contributed by atoms with E-state index in [-0.39, 0.29) is 11.5 Å². The summed E-state index contributed by atoms with van der Waals surface area (Å²) in [5.74, 6) is 0. The molecule has 0 aliphatic carbocycles. The molecule has 8 heteroatoms. The van der Waals surface area contributed by atoms with Crippen LogP contribution >= 0.6 is 23.4 Å². The molecule has 1 fully saturated rings. The second-order valence-corrected chi connectivity index (χ2v) is 9.25. The summed E-state index contributed by atoms with van der Waals surface area (Å²) in [6.45, 7) is 2.17. The molecule has 2 aliphatic heterocycles. The fraction of sp³-hybridized carbons (Fsp3) is 0.409. The third kappa shape index (κ3) is 4.39. The van der Waals surface area contributed by atoms with Crippen molar-refractivity contribution in [3.05, 3.63) is 53.1 Å². The van der Waals surface area contributed by atoms with Crippen LogP contribution in [0.3, 0.4) is 0 Å². The number of rotatable bonds is 6. The van der Waals surface area contributed by atoms with Gasteiger partial charge in [-0.2, -0.15) is 0 Å². The zero-order valence-corrected chi connectivity index (χ0v) is 18.7. The lowest BCUT2D eigenvalue weighted by molar-refractivity contribution is 0.237. The summed E-state index contributed by atoms with van der Waals surface area (Å²) in [5.41, 5.74) is 8.49. The minimum absolute atomic E-state index is 0.174. The smallest absolute Gasteiger partial charge is 0.317 e. The van der Waals surface area contributed by atoms with Gasteiger partial charge in [-0.1, -0.05) is 47.6 Å². The van der Waals surface area contributed by atoms with E-state index in [0.29, 0.717) is 24.2 Å². The molecule has 0 bridgehead atoms. The van der Waals surface area contributed by atoms with Crippen molar-refractivity contribution in [2.45, 2.75) is 42.2 Å². The maximum atomic E-state index is 12.7. The number of benzene rings is 2. The van der Waals surface area contributed by atoms with Crippen molar-refractivity contribution in [1.29, 1.82) is 0 Å². The third-order valence-electron chi connectivity index (χ3n) is 5.82. The van der Waals surface area contributed by atoms with Crippen molar-refractivity contribution in [2.75, 3.05) is 25.0 Å². The number of carbonyl (C=O) groups is 1. The number of nitrogens with zero attached hydrogens (tertiary/aromatic N) is 2. The molecule has 2 atom stereocenters. The Morgan fingerprint density at radius 2 is 2.10 bits per heavy atom. The number of likely N-dealkylation sites (tertiary alicyclic amines) is 1. The standard InChI is InChI=1S/C22H28ClN5OS/c1-27-13-5-7-16(27)11-12-25-21(29)26-22-28(18-9-2-3-10-19(18)30-22)20-15(14-24)6-4-8-17(20)23/h2-4,6,8-10,16,22H,5,7,11-14,24H2,1H3,(H2,25,26,29). The average molecular weight is 446 g/mol.